The number of anilines is 1. The van der Waals surface area contributed by atoms with Crippen molar-refractivity contribution in [1.29, 1.82) is 0 Å². The molecule has 5 rings (SSSR count). The van der Waals surface area contributed by atoms with Crippen LogP contribution in [-0.4, -0.2) is 72.8 Å². The van der Waals surface area contributed by atoms with Gasteiger partial charge in [-0.25, -0.2) is 9.59 Å². The molecule has 2 aliphatic heterocycles. The largest absolute Gasteiger partial charge is 0.422 e. The summed E-state index contributed by atoms with van der Waals surface area (Å²) in [5.74, 6) is -2.77. The van der Waals surface area contributed by atoms with Gasteiger partial charge in [0.1, 0.15) is 23.2 Å². The quantitative estimate of drug-likeness (QED) is 0.108. The maximum Gasteiger partial charge on any atom is 0.357 e. The van der Waals surface area contributed by atoms with Crippen LogP contribution in [0.5, 0.6) is 0 Å². The highest BCUT2D eigenvalue weighted by Crippen LogP contribution is 2.41. The summed E-state index contributed by atoms with van der Waals surface area (Å²) in [6, 6.07) is 7.30. The number of aromatic nitrogens is 2. The van der Waals surface area contributed by atoms with E-state index in [1.165, 1.54) is 23.6 Å². The second kappa shape index (κ2) is 12.1. The zero-order chi connectivity index (χ0) is 29.1. The van der Waals surface area contributed by atoms with Crippen molar-refractivity contribution in [3.05, 3.63) is 65.6 Å². The predicted octanol–water partition coefficient (Wildman–Crippen LogP) is 1.98. The summed E-state index contributed by atoms with van der Waals surface area (Å²) < 4.78 is 14.6. The molecule has 2 amide bonds. The number of oxime groups is 1. The Morgan fingerprint density at radius 3 is 2.63 bits per heavy atom. The molecule has 13 nitrogen and oxygen atoms in total. The van der Waals surface area contributed by atoms with Gasteiger partial charge in [-0.05, 0) is 44.1 Å². The summed E-state index contributed by atoms with van der Waals surface area (Å²) in [6.07, 6.45) is 5.42. The minimum absolute atomic E-state index is 0.00135. The zero-order valence-electron chi connectivity index (χ0n) is 22.0. The first-order chi connectivity index (χ1) is 19.7. The highest BCUT2D eigenvalue weighted by atomic mass is 32.2. The number of carbonyl (C=O) groups excluding carboxylic acids is 4. The SMILES string of the molecule is CC(OC(=O)C1=CC(C)S[C@@H]2C(NC(=O)C(=NOC3C=CCC3)c3nsc(N)n3)C(=O)N12)OC(=O)c1ccccc1. The standard InChI is InChI=1S/C26H26N6O7S2/c1-13-12-17(25(36)38-14(2)37-24(35)15-8-4-3-5-9-15)32-22(34)19(23(32)40-13)28-21(33)18(20-29-26(27)41-31-20)30-39-16-10-6-7-11-16/h3-6,8-10,12-14,16,19,23H,7,11H2,1-2H3,(H,28,33)(H2,27,29,31)/t13?,14?,16?,19?,23-/m1/s1. The molecule has 1 aromatic heterocycles. The van der Waals surface area contributed by atoms with Crippen LogP contribution < -0.4 is 11.1 Å². The van der Waals surface area contributed by atoms with Crippen LogP contribution in [0.1, 0.15) is 42.9 Å². The number of fused-ring (bicyclic) bond motifs is 1. The number of hydrogen-bond donors (Lipinski definition) is 2. The minimum atomic E-state index is -1.21. The Bertz CT molecular complexity index is 1440. The number of benzene rings is 1. The lowest BCUT2D eigenvalue weighted by Gasteiger charge is -2.49. The van der Waals surface area contributed by atoms with Crippen molar-refractivity contribution in [3.63, 3.8) is 0 Å². The molecule has 1 fully saturated rings. The van der Waals surface area contributed by atoms with Gasteiger partial charge in [0.05, 0.1) is 5.56 Å². The smallest absolute Gasteiger partial charge is 0.357 e. The van der Waals surface area contributed by atoms with Gasteiger partial charge < -0.3 is 25.4 Å². The molecule has 41 heavy (non-hydrogen) atoms. The predicted molar refractivity (Wildman–Crippen MR) is 149 cm³/mol. The number of nitrogens with one attached hydrogen (secondary N) is 1. The lowest BCUT2D eigenvalue weighted by Crippen LogP contribution is -2.71. The molecule has 0 radical (unpaired) electrons. The van der Waals surface area contributed by atoms with Gasteiger partial charge in [0.25, 0.3) is 11.8 Å². The molecule has 4 unspecified atom stereocenters. The number of nitrogen functional groups attached to an aromatic ring is 1. The van der Waals surface area contributed by atoms with Crippen LogP contribution in [0.3, 0.4) is 0 Å². The molecule has 15 heteroatoms. The number of carbonyl (C=O) groups is 4. The van der Waals surface area contributed by atoms with E-state index in [0.717, 1.165) is 18.0 Å². The summed E-state index contributed by atoms with van der Waals surface area (Å²) in [6.45, 7) is 3.25. The third-order valence-electron chi connectivity index (χ3n) is 6.22. The van der Waals surface area contributed by atoms with Gasteiger partial charge in [0, 0.05) is 23.7 Å². The first-order valence-corrected chi connectivity index (χ1v) is 14.4. The third kappa shape index (κ3) is 6.25. The van der Waals surface area contributed by atoms with E-state index in [9.17, 15) is 19.2 Å². The van der Waals surface area contributed by atoms with Gasteiger partial charge in [-0.3, -0.25) is 14.5 Å². The molecular formula is C26H26N6O7S2. The maximum atomic E-state index is 13.3. The number of β-lactam (4-membered cyclic amide) rings is 1. The minimum Gasteiger partial charge on any atom is -0.422 e. The zero-order valence-corrected chi connectivity index (χ0v) is 23.6. The second-order valence-electron chi connectivity index (χ2n) is 9.23. The number of esters is 2. The average molecular weight is 599 g/mol. The fourth-order valence-electron chi connectivity index (χ4n) is 4.29. The molecule has 214 valence electrons. The van der Waals surface area contributed by atoms with Gasteiger partial charge >= 0.3 is 11.9 Å². The summed E-state index contributed by atoms with van der Waals surface area (Å²) in [5, 5.41) is 6.01. The Morgan fingerprint density at radius 1 is 1.20 bits per heavy atom. The Hall–Kier alpha value is -4.24. The Kier molecular flexibility index (Phi) is 8.35. The average Bonchev–Trinajstić information content (AvgIpc) is 3.63. The topological polar surface area (TPSA) is 175 Å². The Morgan fingerprint density at radius 2 is 1.95 bits per heavy atom. The van der Waals surface area contributed by atoms with E-state index in [0.29, 0.717) is 12.0 Å². The molecule has 1 saturated heterocycles. The Labute approximate surface area is 242 Å². The number of ether oxygens (including phenoxy) is 2. The number of rotatable bonds is 9. The summed E-state index contributed by atoms with van der Waals surface area (Å²) >= 11 is 2.27. The third-order valence-corrected chi connectivity index (χ3v) is 8.09. The van der Waals surface area contributed by atoms with Crippen molar-refractivity contribution < 1.29 is 33.5 Å². The van der Waals surface area contributed by atoms with Crippen LogP contribution in [-0.2, 0) is 28.7 Å². The van der Waals surface area contributed by atoms with Crippen LogP contribution in [0.15, 0.2) is 59.4 Å². The van der Waals surface area contributed by atoms with Crippen LogP contribution in [0, 0.1) is 0 Å². The number of nitrogens with zero attached hydrogens (tertiary/aromatic N) is 4. The molecule has 3 N–H and O–H groups in total. The van der Waals surface area contributed by atoms with Crippen molar-refractivity contribution >= 4 is 57.9 Å². The fraction of sp³-hybridized carbons (Fsp3) is 0.346. The fourth-order valence-corrected chi connectivity index (χ4v) is 6.05. The summed E-state index contributed by atoms with van der Waals surface area (Å²) in [4.78, 5) is 62.5. The van der Waals surface area contributed by atoms with E-state index in [1.54, 1.807) is 36.4 Å². The molecule has 0 bridgehead atoms. The molecule has 1 aromatic carbocycles. The number of amides is 2. The van der Waals surface area contributed by atoms with Crippen molar-refractivity contribution in [2.24, 2.45) is 5.16 Å². The molecule has 3 heterocycles. The number of hydrogen-bond acceptors (Lipinski definition) is 13. The van der Waals surface area contributed by atoms with Crippen molar-refractivity contribution in [1.82, 2.24) is 19.6 Å². The van der Waals surface area contributed by atoms with E-state index in [-0.39, 0.29) is 33.7 Å². The van der Waals surface area contributed by atoms with Gasteiger partial charge in [0.2, 0.25) is 17.8 Å². The monoisotopic (exact) mass is 598 g/mol. The molecule has 1 aliphatic carbocycles. The maximum absolute atomic E-state index is 13.3. The molecule has 0 saturated carbocycles. The highest BCUT2D eigenvalue weighted by molar-refractivity contribution is 8.00. The first-order valence-electron chi connectivity index (χ1n) is 12.7. The van der Waals surface area contributed by atoms with Crippen LogP contribution in [0.2, 0.25) is 0 Å². The normalized spacial score (nSPS) is 24.0. The van der Waals surface area contributed by atoms with E-state index in [4.69, 9.17) is 20.0 Å². The van der Waals surface area contributed by atoms with E-state index >= 15 is 0 Å². The van der Waals surface area contributed by atoms with Crippen molar-refractivity contribution in [2.45, 2.75) is 55.7 Å². The molecule has 0 spiro atoms. The first kappa shape index (κ1) is 28.3. The number of nitrogens with two attached hydrogens (primary N) is 1. The Balaban J connectivity index is 1.24. The van der Waals surface area contributed by atoms with E-state index < -0.39 is 41.5 Å². The van der Waals surface area contributed by atoms with Crippen LogP contribution in [0.4, 0.5) is 5.13 Å². The van der Waals surface area contributed by atoms with Crippen LogP contribution >= 0.6 is 23.3 Å². The molecular weight excluding hydrogens is 572 g/mol. The lowest BCUT2D eigenvalue weighted by molar-refractivity contribution is -0.166. The molecule has 2 aromatic rings. The number of allylic oxidation sites excluding steroid dienone is 1. The van der Waals surface area contributed by atoms with E-state index in [2.05, 4.69) is 19.8 Å². The molecule has 3 aliphatic rings. The van der Waals surface area contributed by atoms with E-state index in [1.807, 2.05) is 19.1 Å². The van der Waals surface area contributed by atoms with Gasteiger partial charge in [-0.2, -0.15) is 9.36 Å². The van der Waals surface area contributed by atoms with Gasteiger partial charge in [0.15, 0.2) is 5.13 Å². The van der Waals surface area contributed by atoms with Crippen molar-refractivity contribution in [3.8, 4) is 0 Å². The van der Waals surface area contributed by atoms with Crippen LogP contribution in [0.25, 0.3) is 0 Å². The summed E-state index contributed by atoms with van der Waals surface area (Å²) in [5.41, 5.74) is 5.78. The highest BCUT2D eigenvalue weighted by Gasteiger charge is 2.54. The van der Waals surface area contributed by atoms with Gasteiger partial charge in [-0.15, -0.1) is 11.8 Å². The number of thioether (sulfide) groups is 1. The molecule has 5 atom stereocenters. The van der Waals surface area contributed by atoms with Gasteiger partial charge in [-0.1, -0.05) is 29.4 Å². The summed E-state index contributed by atoms with van der Waals surface area (Å²) in [7, 11) is 0. The second-order valence-corrected chi connectivity index (χ2v) is 11.5. The lowest BCUT2D eigenvalue weighted by atomic mass is 10.0. The van der Waals surface area contributed by atoms with Crippen molar-refractivity contribution in [2.75, 3.05) is 5.73 Å².